The van der Waals surface area contributed by atoms with E-state index in [2.05, 4.69) is 15.3 Å². The van der Waals surface area contributed by atoms with Gasteiger partial charge in [-0.2, -0.15) is 0 Å². The molecule has 4 N–H and O–H groups in total. The highest BCUT2D eigenvalue weighted by Gasteiger charge is 2.13. The fraction of sp³-hybridized carbons (Fsp3) is 0.385. The molecule has 0 fully saturated rings. The molecule has 2 unspecified atom stereocenters. The SMILES string of the molecule is CC(O)C(O)CNC(=O)Cc1c[nH]c2ncccc12. The molecule has 0 bridgehead atoms. The summed E-state index contributed by atoms with van der Waals surface area (Å²) < 4.78 is 0. The van der Waals surface area contributed by atoms with E-state index in [0.717, 1.165) is 16.6 Å². The van der Waals surface area contributed by atoms with Crippen LogP contribution in [0.2, 0.25) is 0 Å². The van der Waals surface area contributed by atoms with Crippen LogP contribution < -0.4 is 5.32 Å². The number of nitrogens with zero attached hydrogens (tertiary/aromatic N) is 1. The first-order chi connectivity index (χ1) is 9.08. The summed E-state index contributed by atoms with van der Waals surface area (Å²) in [6.07, 6.45) is 1.83. The number of H-pyrrole nitrogens is 1. The molecular formula is C13H17N3O3. The van der Waals surface area contributed by atoms with Gasteiger partial charge in [0.05, 0.1) is 18.6 Å². The van der Waals surface area contributed by atoms with E-state index in [9.17, 15) is 9.90 Å². The second-order valence-electron chi connectivity index (χ2n) is 4.50. The number of amides is 1. The maximum Gasteiger partial charge on any atom is 0.224 e. The average molecular weight is 263 g/mol. The molecule has 2 rings (SSSR count). The lowest BCUT2D eigenvalue weighted by atomic mass is 10.1. The monoisotopic (exact) mass is 263 g/mol. The quantitative estimate of drug-likeness (QED) is 0.608. The Hall–Kier alpha value is -1.92. The van der Waals surface area contributed by atoms with Crippen molar-refractivity contribution in [3.8, 4) is 0 Å². The molecule has 0 saturated carbocycles. The maximum absolute atomic E-state index is 11.7. The molecule has 2 atom stereocenters. The summed E-state index contributed by atoms with van der Waals surface area (Å²) in [5.74, 6) is -0.204. The van der Waals surface area contributed by atoms with Crippen LogP contribution >= 0.6 is 0 Å². The maximum atomic E-state index is 11.7. The predicted molar refractivity (Wildman–Crippen MR) is 70.5 cm³/mol. The second kappa shape index (κ2) is 5.81. The van der Waals surface area contributed by atoms with Gasteiger partial charge in [-0.05, 0) is 24.6 Å². The number of carbonyl (C=O) groups excluding carboxylic acids is 1. The number of fused-ring (bicyclic) bond motifs is 1. The second-order valence-corrected chi connectivity index (χ2v) is 4.50. The van der Waals surface area contributed by atoms with Crippen molar-refractivity contribution >= 4 is 16.9 Å². The molecule has 6 heteroatoms. The van der Waals surface area contributed by atoms with Gasteiger partial charge in [0.2, 0.25) is 5.91 Å². The number of rotatable bonds is 5. The van der Waals surface area contributed by atoms with E-state index in [1.54, 1.807) is 12.4 Å². The number of aromatic nitrogens is 2. The minimum atomic E-state index is -0.950. The van der Waals surface area contributed by atoms with Gasteiger partial charge in [0.25, 0.3) is 0 Å². The summed E-state index contributed by atoms with van der Waals surface area (Å²) in [4.78, 5) is 18.9. The normalized spacial score (nSPS) is 14.3. The van der Waals surface area contributed by atoms with Crippen molar-refractivity contribution in [3.05, 3.63) is 30.1 Å². The molecule has 19 heavy (non-hydrogen) atoms. The van der Waals surface area contributed by atoms with Crippen LogP contribution in [0.5, 0.6) is 0 Å². The van der Waals surface area contributed by atoms with Crippen LogP contribution in [0.4, 0.5) is 0 Å². The summed E-state index contributed by atoms with van der Waals surface area (Å²) in [5.41, 5.74) is 1.60. The molecule has 6 nitrogen and oxygen atoms in total. The van der Waals surface area contributed by atoms with E-state index in [-0.39, 0.29) is 18.9 Å². The Morgan fingerprint density at radius 3 is 3.05 bits per heavy atom. The molecule has 0 radical (unpaired) electrons. The topological polar surface area (TPSA) is 98.2 Å². The Morgan fingerprint density at radius 2 is 2.32 bits per heavy atom. The third-order valence-electron chi connectivity index (χ3n) is 2.95. The lowest BCUT2D eigenvalue weighted by Gasteiger charge is -2.14. The van der Waals surface area contributed by atoms with Crippen LogP contribution in [0.25, 0.3) is 11.0 Å². The van der Waals surface area contributed by atoms with Crippen molar-refractivity contribution in [2.45, 2.75) is 25.6 Å². The van der Waals surface area contributed by atoms with Gasteiger partial charge >= 0.3 is 0 Å². The molecule has 0 aromatic carbocycles. The molecule has 0 aliphatic carbocycles. The molecule has 2 aromatic rings. The van der Waals surface area contributed by atoms with Gasteiger partial charge in [-0.1, -0.05) is 0 Å². The third kappa shape index (κ3) is 3.30. The van der Waals surface area contributed by atoms with Gasteiger partial charge in [-0.25, -0.2) is 4.98 Å². The molecule has 1 amide bonds. The highest BCUT2D eigenvalue weighted by atomic mass is 16.3. The van der Waals surface area contributed by atoms with Gasteiger partial charge in [-0.3, -0.25) is 4.79 Å². The lowest BCUT2D eigenvalue weighted by molar-refractivity contribution is -0.121. The molecule has 102 valence electrons. The van der Waals surface area contributed by atoms with Gasteiger partial charge in [0.1, 0.15) is 5.65 Å². The highest BCUT2D eigenvalue weighted by Crippen LogP contribution is 2.15. The van der Waals surface area contributed by atoms with Crippen molar-refractivity contribution in [3.63, 3.8) is 0 Å². The number of hydrogen-bond donors (Lipinski definition) is 4. The largest absolute Gasteiger partial charge is 0.391 e. The molecule has 0 aliphatic heterocycles. The molecule has 2 heterocycles. The van der Waals surface area contributed by atoms with Gasteiger partial charge in [0, 0.05) is 24.3 Å². The summed E-state index contributed by atoms with van der Waals surface area (Å²) in [6, 6.07) is 3.71. The van der Waals surface area contributed by atoms with Gasteiger partial charge in [-0.15, -0.1) is 0 Å². The number of hydrogen-bond acceptors (Lipinski definition) is 4. The summed E-state index contributed by atoms with van der Waals surface area (Å²) in [7, 11) is 0. The van der Waals surface area contributed by atoms with Crippen molar-refractivity contribution in [1.82, 2.24) is 15.3 Å². The zero-order chi connectivity index (χ0) is 13.8. The number of aliphatic hydroxyl groups is 2. The molecular weight excluding hydrogens is 246 g/mol. The summed E-state index contributed by atoms with van der Waals surface area (Å²) in [6.45, 7) is 1.51. The average Bonchev–Trinajstić information content (AvgIpc) is 2.79. The Balaban J connectivity index is 1.96. The molecule has 0 spiro atoms. The smallest absolute Gasteiger partial charge is 0.224 e. The van der Waals surface area contributed by atoms with Crippen LogP contribution in [-0.2, 0) is 11.2 Å². The first-order valence-electron chi connectivity index (χ1n) is 6.11. The molecule has 2 aromatic heterocycles. The Morgan fingerprint density at radius 1 is 1.53 bits per heavy atom. The van der Waals surface area contributed by atoms with E-state index in [4.69, 9.17) is 5.11 Å². The Bertz CT molecular complexity index is 565. The van der Waals surface area contributed by atoms with Crippen LogP contribution in [0.3, 0.4) is 0 Å². The van der Waals surface area contributed by atoms with E-state index >= 15 is 0 Å². The van der Waals surface area contributed by atoms with Gasteiger partial charge in [0.15, 0.2) is 0 Å². The van der Waals surface area contributed by atoms with E-state index in [1.165, 1.54) is 6.92 Å². The zero-order valence-electron chi connectivity index (χ0n) is 10.6. The zero-order valence-corrected chi connectivity index (χ0v) is 10.6. The van der Waals surface area contributed by atoms with Crippen molar-refractivity contribution in [1.29, 1.82) is 0 Å². The van der Waals surface area contributed by atoms with Crippen LogP contribution in [0.1, 0.15) is 12.5 Å². The Kier molecular flexibility index (Phi) is 4.13. The van der Waals surface area contributed by atoms with Crippen molar-refractivity contribution in [2.24, 2.45) is 0 Å². The van der Waals surface area contributed by atoms with Crippen LogP contribution in [0, 0.1) is 0 Å². The standard InChI is InChI=1S/C13H17N3O3/c1-8(17)11(18)7-15-12(19)5-9-6-16-13-10(9)3-2-4-14-13/h2-4,6,8,11,17-18H,5,7H2,1H3,(H,14,16)(H,15,19). The Labute approximate surface area is 110 Å². The number of pyridine rings is 1. The van der Waals surface area contributed by atoms with Crippen LogP contribution in [0.15, 0.2) is 24.5 Å². The first kappa shape index (κ1) is 13.5. The first-order valence-corrected chi connectivity index (χ1v) is 6.11. The summed E-state index contributed by atoms with van der Waals surface area (Å²) >= 11 is 0. The van der Waals surface area contributed by atoms with E-state index in [0.29, 0.717) is 0 Å². The molecule has 0 aliphatic rings. The highest BCUT2D eigenvalue weighted by molar-refractivity contribution is 5.87. The number of aliphatic hydroxyl groups excluding tert-OH is 2. The van der Waals surface area contributed by atoms with Crippen molar-refractivity contribution < 1.29 is 15.0 Å². The fourth-order valence-electron chi connectivity index (χ4n) is 1.78. The fourth-order valence-corrected chi connectivity index (χ4v) is 1.78. The van der Waals surface area contributed by atoms with E-state index < -0.39 is 12.2 Å². The van der Waals surface area contributed by atoms with Crippen molar-refractivity contribution in [2.75, 3.05) is 6.54 Å². The van der Waals surface area contributed by atoms with E-state index in [1.807, 2.05) is 12.1 Å². The minimum absolute atomic E-state index is 0.0388. The van der Waals surface area contributed by atoms with Gasteiger partial charge < -0.3 is 20.5 Å². The molecule has 0 saturated heterocycles. The summed E-state index contributed by atoms with van der Waals surface area (Å²) in [5, 5.41) is 22.0. The number of nitrogens with one attached hydrogen (secondary N) is 2. The number of aromatic amines is 1. The minimum Gasteiger partial charge on any atom is -0.391 e. The predicted octanol–water partition coefficient (Wildman–Crippen LogP) is -0.0367. The third-order valence-corrected chi connectivity index (χ3v) is 2.95. The lowest BCUT2D eigenvalue weighted by Crippen LogP contribution is -2.38. The van der Waals surface area contributed by atoms with Crippen LogP contribution in [-0.4, -0.2) is 44.8 Å². The number of carbonyl (C=O) groups is 1.